The van der Waals surface area contributed by atoms with Crippen LogP contribution in [0.1, 0.15) is 64.4 Å². The summed E-state index contributed by atoms with van der Waals surface area (Å²) in [6.45, 7) is 6.71. The molecular weight excluding hydrogens is 418 g/mol. The summed E-state index contributed by atoms with van der Waals surface area (Å²) in [5.41, 5.74) is 1.86. The molecule has 0 aromatic heterocycles. The Balaban J connectivity index is 1.38. The van der Waals surface area contributed by atoms with E-state index in [1.165, 1.54) is 5.56 Å². The first-order valence-corrected chi connectivity index (χ1v) is 12.3. The molecule has 0 aliphatic heterocycles. The number of benzene rings is 1. The van der Waals surface area contributed by atoms with Gasteiger partial charge in [-0.3, -0.25) is 4.79 Å². The number of aryl methyl sites for hydroxylation is 1. The van der Waals surface area contributed by atoms with Crippen molar-refractivity contribution in [3.8, 4) is 5.75 Å². The van der Waals surface area contributed by atoms with Crippen molar-refractivity contribution >= 4 is 23.0 Å². The molecule has 2 N–H and O–H groups in total. The zero-order chi connectivity index (χ0) is 23.1. The second kappa shape index (κ2) is 11.2. The molecule has 5 heteroatoms. The summed E-state index contributed by atoms with van der Waals surface area (Å²) in [6.07, 6.45) is 11.6. The first kappa shape index (κ1) is 24.7. The van der Waals surface area contributed by atoms with Crippen molar-refractivity contribution in [2.24, 2.45) is 11.3 Å². The average Bonchev–Trinajstić information content (AvgIpc) is 2.77. The van der Waals surface area contributed by atoms with Crippen LogP contribution in [0, 0.1) is 18.3 Å². The van der Waals surface area contributed by atoms with E-state index in [0.717, 1.165) is 54.7 Å². The summed E-state index contributed by atoms with van der Waals surface area (Å²) in [5.74, 6) is 1.40. The van der Waals surface area contributed by atoms with Crippen LogP contribution in [0.15, 0.2) is 48.1 Å². The minimum Gasteiger partial charge on any atom is -0.494 e. The van der Waals surface area contributed by atoms with Gasteiger partial charge in [-0.05, 0) is 81.1 Å². The summed E-state index contributed by atoms with van der Waals surface area (Å²) in [4.78, 5) is 13.9. The summed E-state index contributed by atoms with van der Waals surface area (Å²) >= 11 is 5.72. The molecule has 0 bridgehead atoms. The van der Waals surface area contributed by atoms with Crippen LogP contribution in [0.25, 0.3) is 0 Å². The van der Waals surface area contributed by atoms with Crippen LogP contribution in [0.5, 0.6) is 5.75 Å². The van der Waals surface area contributed by atoms with Crippen LogP contribution in [-0.2, 0) is 4.79 Å². The molecule has 174 valence electrons. The summed E-state index contributed by atoms with van der Waals surface area (Å²) < 4.78 is 5.83. The lowest BCUT2D eigenvalue weighted by molar-refractivity contribution is -0.130. The molecule has 3 rings (SSSR count). The molecule has 0 radical (unpaired) electrons. The van der Waals surface area contributed by atoms with Crippen LogP contribution >= 0.6 is 12.2 Å². The van der Waals surface area contributed by atoms with Crippen molar-refractivity contribution in [2.75, 3.05) is 6.61 Å². The highest BCUT2D eigenvalue weighted by Crippen LogP contribution is 2.31. The number of thiocarbonyl (C=S) groups is 1. The van der Waals surface area contributed by atoms with Crippen molar-refractivity contribution in [3.05, 3.63) is 53.6 Å². The maximum absolute atomic E-state index is 12.9. The number of allylic oxidation sites excluding steroid dienone is 2. The monoisotopic (exact) mass is 455 g/mol. The SMILES string of the molecule is Cc1cccc(OCCCC(C)(C)C(=O)NC2CCC(C(=S)C3=CCC(O)C=C3)CC2)c1. The van der Waals surface area contributed by atoms with Crippen molar-refractivity contribution < 1.29 is 14.6 Å². The predicted molar refractivity (Wildman–Crippen MR) is 134 cm³/mol. The zero-order valence-electron chi connectivity index (χ0n) is 19.6. The van der Waals surface area contributed by atoms with E-state index in [1.807, 2.05) is 50.3 Å². The van der Waals surface area contributed by atoms with Gasteiger partial charge in [-0.1, -0.05) is 56.4 Å². The lowest BCUT2D eigenvalue weighted by Gasteiger charge is -2.33. The van der Waals surface area contributed by atoms with Gasteiger partial charge in [0.1, 0.15) is 5.75 Å². The minimum atomic E-state index is -0.416. The Morgan fingerprint density at radius 1 is 1.25 bits per heavy atom. The van der Waals surface area contributed by atoms with Gasteiger partial charge in [0.2, 0.25) is 5.91 Å². The first-order valence-electron chi connectivity index (χ1n) is 11.9. The molecule has 1 fully saturated rings. The van der Waals surface area contributed by atoms with E-state index in [-0.39, 0.29) is 18.1 Å². The van der Waals surface area contributed by atoms with E-state index < -0.39 is 5.41 Å². The normalized spacial score (nSPS) is 23.4. The van der Waals surface area contributed by atoms with Crippen LogP contribution in [0.3, 0.4) is 0 Å². The van der Waals surface area contributed by atoms with Gasteiger partial charge < -0.3 is 15.2 Å². The maximum Gasteiger partial charge on any atom is 0.225 e. The van der Waals surface area contributed by atoms with Gasteiger partial charge in [0.15, 0.2) is 0 Å². The molecule has 1 amide bonds. The van der Waals surface area contributed by atoms with Gasteiger partial charge in [-0.15, -0.1) is 0 Å². The molecule has 2 aliphatic carbocycles. The topological polar surface area (TPSA) is 58.6 Å². The molecule has 1 aromatic carbocycles. The Morgan fingerprint density at radius 2 is 2.00 bits per heavy atom. The number of nitrogens with one attached hydrogen (secondary N) is 1. The molecule has 1 unspecified atom stereocenters. The highest BCUT2D eigenvalue weighted by Gasteiger charge is 2.31. The quantitative estimate of drug-likeness (QED) is 0.383. The van der Waals surface area contributed by atoms with Gasteiger partial charge in [0, 0.05) is 16.3 Å². The fraction of sp³-hybridized carbons (Fsp3) is 0.556. The Bertz CT molecular complexity index is 865. The molecule has 1 atom stereocenters. The van der Waals surface area contributed by atoms with Gasteiger partial charge >= 0.3 is 0 Å². The summed E-state index contributed by atoms with van der Waals surface area (Å²) in [7, 11) is 0. The van der Waals surface area contributed by atoms with Gasteiger partial charge in [0.05, 0.1) is 12.7 Å². The smallest absolute Gasteiger partial charge is 0.225 e. The van der Waals surface area contributed by atoms with Crippen LogP contribution < -0.4 is 10.1 Å². The second-order valence-corrected chi connectivity index (χ2v) is 10.3. The third kappa shape index (κ3) is 7.01. The molecule has 0 heterocycles. The van der Waals surface area contributed by atoms with E-state index in [2.05, 4.69) is 18.3 Å². The molecule has 1 saturated carbocycles. The Kier molecular flexibility index (Phi) is 8.66. The van der Waals surface area contributed by atoms with Gasteiger partial charge in [-0.25, -0.2) is 0 Å². The number of ether oxygens (including phenoxy) is 1. The molecule has 0 spiro atoms. The van der Waals surface area contributed by atoms with Gasteiger partial charge in [0.25, 0.3) is 0 Å². The molecule has 0 saturated heterocycles. The Labute approximate surface area is 198 Å². The number of carbonyl (C=O) groups is 1. The third-order valence-corrected chi connectivity index (χ3v) is 7.18. The zero-order valence-corrected chi connectivity index (χ0v) is 20.4. The van der Waals surface area contributed by atoms with Crippen molar-refractivity contribution in [1.29, 1.82) is 0 Å². The predicted octanol–water partition coefficient (Wildman–Crippen LogP) is 5.47. The minimum absolute atomic E-state index is 0.131. The maximum atomic E-state index is 12.9. The highest BCUT2D eigenvalue weighted by atomic mass is 32.1. The molecular formula is C27H37NO3S. The number of hydrogen-bond donors (Lipinski definition) is 2. The van der Waals surface area contributed by atoms with E-state index in [4.69, 9.17) is 17.0 Å². The molecule has 2 aliphatic rings. The number of aliphatic hydroxyl groups is 1. The number of carbonyl (C=O) groups excluding carboxylic acids is 1. The Hall–Kier alpha value is -1.98. The fourth-order valence-electron chi connectivity index (χ4n) is 4.43. The van der Waals surface area contributed by atoms with Gasteiger partial charge in [-0.2, -0.15) is 0 Å². The number of amides is 1. The number of rotatable bonds is 9. The number of hydrogen-bond acceptors (Lipinski definition) is 4. The largest absolute Gasteiger partial charge is 0.494 e. The van der Waals surface area contributed by atoms with Crippen molar-refractivity contribution in [3.63, 3.8) is 0 Å². The van der Waals surface area contributed by atoms with Crippen LogP contribution in [0.4, 0.5) is 0 Å². The lowest BCUT2D eigenvalue weighted by Crippen LogP contribution is -2.45. The van der Waals surface area contributed by atoms with Crippen molar-refractivity contribution in [1.82, 2.24) is 5.32 Å². The van der Waals surface area contributed by atoms with Crippen molar-refractivity contribution in [2.45, 2.75) is 77.9 Å². The number of aliphatic hydroxyl groups excluding tert-OH is 1. The van der Waals surface area contributed by atoms with E-state index >= 15 is 0 Å². The van der Waals surface area contributed by atoms with Crippen LogP contribution in [0.2, 0.25) is 0 Å². The third-order valence-electron chi connectivity index (χ3n) is 6.61. The van der Waals surface area contributed by atoms with Crippen LogP contribution in [-0.4, -0.2) is 34.6 Å². The molecule has 32 heavy (non-hydrogen) atoms. The summed E-state index contributed by atoms with van der Waals surface area (Å²) in [5, 5.41) is 12.9. The second-order valence-electron chi connectivity index (χ2n) is 9.86. The lowest BCUT2D eigenvalue weighted by atomic mass is 9.80. The molecule has 4 nitrogen and oxygen atoms in total. The van der Waals surface area contributed by atoms with E-state index in [1.54, 1.807) is 0 Å². The fourth-order valence-corrected chi connectivity index (χ4v) is 4.82. The van der Waals surface area contributed by atoms with E-state index in [9.17, 15) is 9.90 Å². The Morgan fingerprint density at radius 3 is 2.66 bits per heavy atom. The first-order chi connectivity index (χ1) is 15.2. The standard InChI is InChI=1S/C27H37NO3S/c1-19-6-4-7-24(18-19)31-17-5-16-27(2,3)26(30)28-22-12-8-20(9-13-22)25(32)21-10-14-23(29)15-11-21/h4,6-7,10-11,14,18,20,22-23,29H,5,8-9,12-13,15-17H2,1-3H3,(H,28,30). The van der Waals surface area contributed by atoms with E-state index in [0.29, 0.717) is 18.9 Å². The summed E-state index contributed by atoms with van der Waals surface area (Å²) in [6, 6.07) is 8.27. The molecule has 1 aromatic rings. The average molecular weight is 456 g/mol. The highest BCUT2D eigenvalue weighted by molar-refractivity contribution is 7.80.